The van der Waals surface area contributed by atoms with Crippen molar-refractivity contribution in [2.45, 2.75) is 56.7 Å². The van der Waals surface area contributed by atoms with Crippen molar-refractivity contribution >= 4 is 9.84 Å². The van der Waals surface area contributed by atoms with E-state index in [9.17, 15) is 8.42 Å². The Morgan fingerprint density at radius 3 is 2.50 bits per heavy atom. The molecule has 2 unspecified atom stereocenters. The van der Waals surface area contributed by atoms with E-state index in [4.69, 9.17) is 0 Å². The van der Waals surface area contributed by atoms with E-state index in [0.29, 0.717) is 23.6 Å². The Balaban J connectivity index is 1.49. The molecule has 18 heavy (non-hydrogen) atoms. The molecule has 0 amide bonds. The average molecular weight is 272 g/mol. The van der Waals surface area contributed by atoms with Crippen molar-refractivity contribution in [3.8, 4) is 0 Å². The van der Waals surface area contributed by atoms with Crippen molar-refractivity contribution in [1.82, 2.24) is 10.2 Å². The van der Waals surface area contributed by atoms with Crippen LogP contribution in [0.15, 0.2) is 0 Å². The van der Waals surface area contributed by atoms with Gasteiger partial charge < -0.3 is 10.2 Å². The minimum atomic E-state index is -2.72. The molecule has 3 aliphatic rings. The first-order chi connectivity index (χ1) is 8.62. The van der Waals surface area contributed by atoms with Crippen LogP contribution in [0, 0.1) is 0 Å². The smallest absolute Gasteiger partial charge is 0.150 e. The molecule has 0 aromatic rings. The Kier molecular flexibility index (Phi) is 3.65. The SMILES string of the molecule is O=S1(=O)CCC(NC2CCN3CCCC3C2)CC1. The Bertz CT molecular complexity index is 382. The van der Waals surface area contributed by atoms with Gasteiger partial charge in [0.05, 0.1) is 11.5 Å². The maximum atomic E-state index is 11.4. The van der Waals surface area contributed by atoms with Gasteiger partial charge in [-0.15, -0.1) is 0 Å². The van der Waals surface area contributed by atoms with Gasteiger partial charge in [0.2, 0.25) is 0 Å². The number of nitrogens with zero attached hydrogens (tertiary/aromatic N) is 1. The molecule has 104 valence electrons. The summed E-state index contributed by atoms with van der Waals surface area (Å²) in [6.07, 6.45) is 6.85. The molecule has 3 fully saturated rings. The van der Waals surface area contributed by atoms with Gasteiger partial charge in [0.25, 0.3) is 0 Å². The lowest BCUT2D eigenvalue weighted by atomic mass is 9.96. The molecule has 0 radical (unpaired) electrons. The van der Waals surface area contributed by atoms with Crippen LogP contribution in [0.1, 0.15) is 38.5 Å². The highest BCUT2D eigenvalue weighted by atomic mass is 32.2. The highest BCUT2D eigenvalue weighted by Gasteiger charge is 2.33. The van der Waals surface area contributed by atoms with Gasteiger partial charge in [-0.3, -0.25) is 0 Å². The molecule has 0 aromatic carbocycles. The zero-order valence-corrected chi connectivity index (χ0v) is 11.8. The average Bonchev–Trinajstić information content (AvgIpc) is 2.79. The van der Waals surface area contributed by atoms with Crippen molar-refractivity contribution < 1.29 is 8.42 Å². The minimum Gasteiger partial charge on any atom is -0.311 e. The fourth-order valence-corrected chi connectivity index (χ4v) is 5.26. The molecule has 0 saturated carbocycles. The van der Waals surface area contributed by atoms with Gasteiger partial charge in [0, 0.05) is 18.1 Å². The lowest BCUT2D eigenvalue weighted by molar-refractivity contribution is 0.159. The van der Waals surface area contributed by atoms with Gasteiger partial charge in [-0.25, -0.2) is 8.42 Å². The van der Waals surface area contributed by atoms with Crippen molar-refractivity contribution in [3.05, 3.63) is 0 Å². The summed E-state index contributed by atoms with van der Waals surface area (Å²) in [7, 11) is -2.72. The third-order valence-corrected chi connectivity index (χ3v) is 6.56. The van der Waals surface area contributed by atoms with Crippen LogP contribution >= 0.6 is 0 Å². The second-order valence-electron chi connectivity index (χ2n) is 6.15. The summed E-state index contributed by atoms with van der Waals surface area (Å²) in [5, 5.41) is 3.72. The van der Waals surface area contributed by atoms with E-state index in [2.05, 4.69) is 10.2 Å². The topological polar surface area (TPSA) is 49.4 Å². The van der Waals surface area contributed by atoms with Gasteiger partial charge in [-0.1, -0.05) is 0 Å². The maximum absolute atomic E-state index is 11.4. The monoisotopic (exact) mass is 272 g/mol. The minimum absolute atomic E-state index is 0.382. The van der Waals surface area contributed by atoms with E-state index in [0.717, 1.165) is 18.9 Å². The highest BCUT2D eigenvalue weighted by Crippen LogP contribution is 2.27. The van der Waals surface area contributed by atoms with Crippen molar-refractivity contribution in [2.75, 3.05) is 24.6 Å². The first-order valence-electron chi connectivity index (χ1n) is 7.33. The largest absolute Gasteiger partial charge is 0.311 e. The standard InChI is InChI=1S/C13H24N2O2S/c16-18(17)8-4-11(5-9-18)14-12-3-7-15-6-1-2-13(15)10-12/h11-14H,1-10H2. The molecule has 0 aliphatic carbocycles. The quantitative estimate of drug-likeness (QED) is 0.807. The van der Waals surface area contributed by atoms with Gasteiger partial charge >= 0.3 is 0 Å². The highest BCUT2D eigenvalue weighted by molar-refractivity contribution is 7.91. The molecule has 4 nitrogen and oxygen atoms in total. The van der Waals surface area contributed by atoms with E-state index >= 15 is 0 Å². The van der Waals surface area contributed by atoms with E-state index in [1.807, 2.05) is 0 Å². The maximum Gasteiger partial charge on any atom is 0.150 e. The van der Waals surface area contributed by atoms with Gasteiger partial charge in [-0.2, -0.15) is 0 Å². The van der Waals surface area contributed by atoms with Crippen LogP contribution in [-0.4, -0.2) is 56.0 Å². The molecule has 3 saturated heterocycles. The third-order valence-electron chi connectivity index (χ3n) is 4.85. The fourth-order valence-electron chi connectivity index (χ4n) is 3.77. The number of sulfone groups is 1. The Labute approximate surface area is 110 Å². The Morgan fingerprint density at radius 1 is 0.944 bits per heavy atom. The predicted octanol–water partition coefficient (Wildman–Crippen LogP) is 0.780. The first kappa shape index (κ1) is 12.9. The van der Waals surface area contributed by atoms with Crippen molar-refractivity contribution in [2.24, 2.45) is 0 Å². The predicted molar refractivity (Wildman–Crippen MR) is 72.4 cm³/mol. The van der Waals surface area contributed by atoms with E-state index in [1.54, 1.807) is 0 Å². The van der Waals surface area contributed by atoms with E-state index in [1.165, 1.54) is 38.8 Å². The van der Waals surface area contributed by atoms with Crippen LogP contribution in [-0.2, 0) is 9.84 Å². The molecule has 0 spiro atoms. The zero-order chi connectivity index (χ0) is 12.6. The summed E-state index contributed by atoms with van der Waals surface area (Å²) < 4.78 is 22.8. The summed E-state index contributed by atoms with van der Waals surface area (Å²) in [4.78, 5) is 2.63. The van der Waals surface area contributed by atoms with Gasteiger partial charge in [0.15, 0.2) is 0 Å². The van der Waals surface area contributed by atoms with E-state index < -0.39 is 9.84 Å². The summed E-state index contributed by atoms with van der Waals surface area (Å²) in [5.74, 6) is 0.764. The summed E-state index contributed by atoms with van der Waals surface area (Å²) in [6.45, 7) is 2.52. The van der Waals surface area contributed by atoms with E-state index in [-0.39, 0.29) is 0 Å². The normalized spacial score (nSPS) is 37.6. The van der Waals surface area contributed by atoms with Crippen LogP contribution in [0.4, 0.5) is 0 Å². The van der Waals surface area contributed by atoms with Gasteiger partial charge in [0.1, 0.15) is 9.84 Å². The fraction of sp³-hybridized carbons (Fsp3) is 1.00. The number of rotatable bonds is 2. The molecule has 3 aliphatic heterocycles. The number of hydrogen-bond donors (Lipinski definition) is 1. The van der Waals surface area contributed by atoms with Crippen LogP contribution in [0.2, 0.25) is 0 Å². The molecule has 3 heterocycles. The second kappa shape index (κ2) is 5.10. The van der Waals surface area contributed by atoms with Gasteiger partial charge in [-0.05, 0) is 51.6 Å². The number of hydrogen-bond acceptors (Lipinski definition) is 4. The number of nitrogens with one attached hydrogen (secondary N) is 1. The molecule has 1 N–H and O–H groups in total. The van der Waals surface area contributed by atoms with Crippen LogP contribution in [0.3, 0.4) is 0 Å². The van der Waals surface area contributed by atoms with Crippen LogP contribution in [0.5, 0.6) is 0 Å². The number of piperidine rings is 1. The number of fused-ring (bicyclic) bond motifs is 1. The molecule has 0 aromatic heterocycles. The van der Waals surface area contributed by atoms with Crippen LogP contribution < -0.4 is 5.32 Å². The summed E-state index contributed by atoms with van der Waals surface area (Å²) in [6, 6.07) is 1.85. The lowest BCUT2D eigenvalue weighted by Gasteiger charge is -2.37. The van der Waals surface area contributed by atoms with Crippen LogP contribution in [0.25, 0.3) is 0 Å². The molecular formula is C13H24N2O2S. The molecule has 0 bridgehead atoms. The van der Waals surface area contributed by atoms with Crippen molar-refractivity contribution in [1.29, 1.82) is 0 Å². The second-order valence-corrected chi connectivity index (χ2v) is 8.45. The molecule has 3 rings (SSSR count). The Hall–Kier alpha value is -0.130. The summed E-state index contributed by atoms with van der Waals surface area (Å²) >= 11 is 0. The first-order valence-corrected chi connectivity index (χ1v) is 9.15. The molecular weight excluding hydrogens is 248 g/mol. The third kappa shape index (κ3) is 2.89. The summed E-state index contributed by atoms with van der Waals surface area (Å²) in [5.41, 5.74) is 0. The van der Waals surface area contributed by atoms with Crippen molar-refractivity contribution in [3.63, 3.8) is 0 Å². The zero-order valence-electron chi connectivity index (χ0n) is 11.0. The lowest BCUT2D eigenvalue weighted by Crippen LogP contribution is -2.50. The Morgan fingerprint density at radius 2 is 1.72 bits per heavy atom. The molecule has 5 heteroatoms. The molecule has 2 atom stereocenters.